The Morgan fingerprint density at radius 3 is 2.33 bits per heavy atom. The molecule has 2 aromatic rings. The Labute approximate surface area is 191 Å². The van der Waals surface area contributed by atoms with Crippen LogP contribution in [-0.2, 0) is 0 Å². The molecule has 0 atom stereocenters. The van der Waals surface area contributed by atoms with Crippen molar-refractivity contribution < 1.29 is 18.3 Å². The van der Waals surface area contributed by atoms with Crippen molar-refractivity contribution in [1.82, 2.24) is 15.0 Å². The Morgan fingerprint density at radius 1 is 0.970 bits per heavy atom. The molecule has 2 saturated heterocycles. The van der Waals surface area contributed by atoms with Gasteiger partial charge in [-0.2, -0.15) is 9.97 Å². The predicted molar refractivity (Wildman–Crippen MR) is 120 cm³/mol. The summed E-state index contributed by atoms with van der Waals surface area (Å²) in [4.78, 5) is 30.2. The highest BCUT2D eigenvalue weighted by molar-refractivity contribution is 6.07. The number of hydrogen-bond donors (Lipinski definition) is 1. The van der Waals surface area contributed by atoms with Crippen LogP contribution in [0.3, 0.4) is 0 Å². The molecule has 33 heavy (non-hydrogen) atoms. The van der Waals surface area contributed by atoms with Gasteiger partial charge in [0, 0.05) is 51.3 Å². The second-order valence-electron chi connectivity index (χ2n) is 9.25. The van der Waals surface area contributed by atoms with Crippen LogP contribution in [0.4, 0.5) is 26.4 Å². The first-order valence-electron chi connectivity index (χ1n) is 11.4. The third-order valence-corrected chi connectivity index (χ3v) is 7.07. The minimum atomic E-state index is -2.63. The number of amides is 1. The monoisotopic (exact) mass is 458 g/mol. The van der Waals surface area contributed by atoms with Crippen molar-refractivity contribution in [1.29, 1.82) is 0 Å². The third kappa shape index (κ3) is 4.69. The molecule has 2 aromatic heterocycles. The van der Waals surface area contributed by atoms with Crippen molar-refractivity contribution in [3.05, 3.63) is 30.0 Å². The lowest BCUT2D eigenvalue weighted by Crippen LogP contribution is -2.39. The van der Waals surface area contributed by atoms with Gasteiger partial charge in [-0.3, -0.25) is 10.1 Å². The topological polar surface area (TPSA) is 83.5 Å². The van der Waals surface area contributed by atoms with E-state index in [2.05, 4.69) is 25.2 Å². The highest BCUT2D eigenvalue weighted by Gasteiger charge is 2.45. The molecular weight excluding hydrogens is 430 g/mol. The molecular formula is C23H28F2N6O2. The van der Waals surface area contributed by atoms with Gasteiger partial charge in [0.05, 0.1) is 12.7 Å². The molecule has 5 rings (SSSR count). The van der Waals surface area contributed by atoms with E-state index in [1.165, 1.54) is 19.0 Å². The van der Waals surface area contributed by atoms with Crippen molar-refractivity contribution in [2.45, 2.75) is 44.4 Å². The van der Waals surface area contributed by atoms with Crippen LogP contribution in [0, 0.1) is 5.41 Å². The zero-order valence-electron chi connectivity index (χ0n) is 18.7. The van der Waals surface area contributed by atoms with Crippen LogP contribution < -0.4 is 19.9 Å². The molecule has 3 aliphatic rings. The van der Waals surface area contributed by atoms with E-state index >= 15 is 0 Å². The third-order valence-electron chi connectivity index (χ3n) is 7.07. The number of carbonyl (C=O) groups excluding carboxylic acids is 1. The summed E-state index contributed by atoms with van der Waals surface area (Å²) in [6.45, 7) is 2.12. The number of aromatic nitrogens is 3. The summed E-state index contributed by atoms with van der Waals surface area (Å²) in [5.74, 6) is -1.30. The minimum Gasteiger partial charge on any atom is -0.481 e. The van der Waals surface area contributed by atoms with E-state index in [9.17, 15) is 13.6 Å². The van der Waals surface area contributed by atoms with Crippen LogP contribution in [-0.4, -0.2) is 60.1 Å². The number of hydrogen-bond acceptors (Lipinski definition) is 7. The van der Waals surface area contributed by atoms with Gasteiger partial charge in [0.25, 0.3) is 11.8 Å². The maximum absolute atomic E-state index is 13.5. The number of halogens is 2. The lowest BCUT2D eigenvalue weighted by atomic mass is 9.93. The van der Waals surface area contributed by atoms with Crippen LogP contribution >= 0.6 is 0 Å². The highest BCUT2D eigenvalue weighted by atomic mass is 19.3. The fourth-order valence-corrected chi connectivity index (χ4v) is 4.65. The first-order chi connectivity index (χ1) is 15.9. The number of methoxy groups -OCH3 is 1. The minimum absolute atomic E-state index is 0.132. The van der Waals surface area contributed by atoms with E-state index < -0.39 is 5.92 Å². The highest BCUT2D eigenvalue weighted by Crippen LogP contribution is 2.54. The fourth-order valence-electron chi connectivity index (χ4n) is 4.65. The van der Waals surface area contributed by atoms with Gasteiger partial charge in [-0.05, 0) is 43.2 Å². The van der Waals surface area contributed by atoms with Gasteiger partial charge in [-0.15, -0.1) is 0 Å². The maximum Gasteiger partial charge on any atom is 0.261 e. The number of ether oxygens (including phenoxy) is 1. The van der Waals surface area contributed by atoms with Crippen LogP contribution in [0.1, 0.15) is 48.9 Å². The first kappa shape index (κ1) is 21.8. The molecule has 0 bridgehead atoms. The Hall–Kier alpha value is -3.04. The molecule has 1 spiro atoms. The van der Waals surface area contributed by atoms with E-state index in [0.717, 1.165) is 25.9 Å². The van der Waals surface area contributed by atoms with E-state index in [1.54, 1.807) is 30.2 Å². The Bertz CT molecular complexity index is 1030. The van der Waals surface area contributed by atoms with Gasteiger partial charge in [0.1, 0.15) is 11.6 Å². The summed E-state index contributed by atoms with van der Waals surface area (Å²) in [5, 5.41) is 2.76. The summed E-state index contributed by atoms with van der Waals surface area (Å²) in [6, 6.07) is 5.03. The predicted octanol–water partition coefficient (Wildman–Crippen LogP) is 3.75. The quantitative estimate of drug-likeness (QED) is 0.731. The largest absolute Gasteiger partial charge is 0.481 e. The lowest BCUT2D eigenvalue weighted by Gasteiger charge is -2.34. The summed E-state index contributed by atoms with van der Waals surface area (Å²) in [6.07, 6.45) is 5.90. The van der Waals surface area contributed by atoms with Crippen molar-refractivity contribution in [2.24, 2.45) is 5.41 Å². The standard InChI is InChI=1S/C23H28F2N6O2/c1-33-18-3-2-16(19(28-18)31-12-7-22(5-6-22)8-13-31)20(32)29-21-26-11-4-17(27-21)30-14-9-23(24,25)10-15-30/h2-4,11H,5-10,12-15H2,1H3,(H,26,27,29,32). The number of alkyl halides is 2. The number of rotatable bonds is 5. The second-order valence-corrected chi connectivity index (χ2v) is 9.25. The average molecular weight is 459 g/mol. The van der Waals surface area contributed by atoms with Crippen LogP contribution in [0.25, 0.3) is 0 Å². The Morgan fingerprint density at radius 2 is 1.67 bits per heavy atom. The van der Waals surface area contributed by atoms with Gasteiger partial charge < -0.3 is 14.5 Å². The molecule has 8 nitrogen and oxygen atoms in total. The smallest absolute Gasteiger partial charge is 0.261 e. The molecule has 2 aliphatic heterocycles. The molecule has 0 unspecified atom stereocenters. The average Bonchev–Trinajstić information content (AvgIpc) is 3.58. The van der Waals surface area contributed by atoms with Crippen molar-refractivity contribution in [2.75, 3.05) is 48.4 Å². The SMILES string of the molecule is COc1ccc(C(=O)Nc2nccc(N3CCC(F)(F)CC3)n2)c(N2CCC3(CC2)CC3)n1. The molecule has 3 fully saturated rings. The first-order valence-corrected chi connectivity index (χ1v) is 11.4. The molecule has 0 radical (unpaired) electrons. The zero-order valence-corrected chi connectivity index (χ0v) is 18.7. The van der Waals surface area contributed by atoms with Gasteiger partial charge in [-0.1, -0.05) is 0 Å². The van der Waals surface area contributed by atoms with Crippen LogP contribution in [0.5, 0.6) is 5.88 Å². The van der Waals surface area contributed by atoms with E-state index in [1.807, 2.05) is 0 Å². The lowest BCUT2D eigenvalue weighted by molar-refractivity contribution is -0.0221. The number of pyridine rings is 1. The van der Waals surface area contributed by atoms with Gasteiger partial charge >= 0.3 is 0 Å². The summed E-state index contributed by atoms with van der Waals surface area (Å²) in [7, 11) is 1.55. The zero-order chi connectivity index (χ0) is 23.1. The molecule has 10 heteroatoms. The number of carbonyl (C=O) groups is 1. The van der Waals surface area contributed by atoms with Crippen molar-refractivity contribution >= 4 is 23.5 Å². The number of anilines is 3. The molecule has 1 saturated carbocycles. The number of nitrogens with zero attached hydrogens (tertiary/aromatic N) is 5. The molecule has 1 N–H and O–H groups in total. The van der Waals surface area contributed by atoms with Crippen molar-refractivity contribution in [3.63, 3.8) is 0 Å². The van der Waals surface area contributed by atoms with Crippen LogP contribution in [0.15, 0.2) is 24.4 Å². The van der Waals surface area contributed by atoms with Gasteiger partial charge in [0.2, 0.25) is 11.8 Å². The van der Waals surface area contributed by atoms with Crippen LogP contribution in [0.2, 0.25) is 0 Å². The molecule has 1 amide bonds. The molecule has 1 aliphatic carbocycles. The van der Waals surface area contributed by atoms with Gasteiger partial charge in [0.15, 0.2) is 0 Å². The van der Waals surface area contributed by atoms with Gasteiger partial charge in [-0.25, -0.2) is 13.8 Å². The number of piperidine rings is 2. The Kier molecular flexibility index (Phi) is 5.54. The normalized spacial score (nSPS) is 21.1. The second kappa shape index (κ2) is 8.39. The summed E-state index contributed by atoms with van der Waals surface area (Å²) >= 11 is 0. The maximum atomic E-state index is 13.5. The molecule has 176 valence electrons. The Balaban J connectivity index is 1.32. The fraction of sp³-hybridized carbons (Fsp3) is 0.565. The molecule has 4 heterocycles. The van der Waals surface area contributed by atoms with E-state index in [0.29, 0.717) is 28.5 Å². The van der Waals surface area contributed by atoms with Crippen molar-refractivity contribution in [3.8, 4) is 5.88 Å². The summed E-state index contributed by atoms with van der Waals surface area (Å²) in [5.41, 5.74) is 0.930. The summed E-state index contributed by atoms with van der Waals surface area (Å²) < 4.78 is 32.3. The van der Waals surface area contributed by atoms with E-state index in [-0.39, 0.29) is 37.8 Å². The molecule has 0 aromatic carbocycles. The number of nitrogens with one attached hydrogen (secondary N) is 1. The van der Waals surface area contributed by atoms with E-state index in [4.69, 9.17) is 4.74 Å².